The van der Waals surface area contributed by atoms with E-state index >= 15 is 0 Å². The molecule has 200 valence electrons. The molecule has 0 radical (unpaired) electrons. The van der Waals surface area contributed by atoms with E-state index in [-0.39, 0.29) is 17.7 Å². The topological polar surface area (TPSA) is 62.0 Å². The molecule has 2 heterocycles. The van der Waals surface area contributed by atoms with Gasteiger partial charge in [-0.3, -0.25) is 14.8 Å². The molecule has 2 aliphatic rings. The molecule has 1 aliphatic carbocycles. The predicted octanol–water partition coefficient (Wildman–Crippen LogP) is 7.59. The quantitative estimate of drug-likeness (QED) is 0.302. The number of hydrogen-bond acceptors (Lipinski definition) is 5. The first kappa shape index (κ1) is 27.9. The van der Waals surface area contributed by atoms with E-state index in [0.29, 0.717) is 36.6 Å². The van der Waals surface area contributed by atoms with Gasteiger partial charge in [0.2, 0.25) is 0 Å². The molecule has 37 heavy (non-hydrogen) atoms. The third-order valence-electron chi connectivity index (χ3n) is 8.74. The standard InChI is InChI=1S/C32H44N2O2S/c1-7-23-17-30(32(5,6)36)37-31(23)24-13-12-20(2)27(21(3)16-24)18-29(35)26-11-9-8-10-25(26)28-19-33-14-15-34-22(28)4/h8-11,14-15,17,20-22,24,27-28,36H,7,12-13,16,18-19H2,1-6H3. The van der Waals surface area contributed by atoms with Gasteiger partial charge in [0.15, 0.2) is 5.78 Å². The molecule has 2 aromatic rings. The molecule has 1 aliphatic heterocycles. The summed E-state index contributed by atoms with van der Waals surface area (Å²) in [5, 5.41) is 10.6. The number of hydrogen-bond donors (Lipinski definition) is 1. The zero-order valence-electron chi connectivity index (χ0n) is 23.4. The number of carbonyl (C=O) groups is 1. The molecule has 0 spiro atoms. The van der Waals surface area contributed by atoms with Crippen LogP contribution in [0.1, 0.15) is 110 Å². The van der Waals surface area contributed by atoms with Crippen LogP contribution in [0, 0.1) is 17.8 Å². The van der Waals surface area contributed by atoms with E-state index in [1.54, 1.807) is 23.8 Å². The molecule has 0 bridgehead atoms. The highest BCUT2D eigenvalue weighted by molar-refractivity contribution is 7.12. The van der Waals surface area contributed by atoms with Gasteiger partial charge in [0.1, 0.15) is 0 Å². The molecule has 4 rings (SSSR count). The fourth-order valence-corrected chi connectivity index (χ4v) is 7.80. The molecule has 5 heteroatoms. The molecule has 0 amide bonds. The monoisotopic (exact) mass is 520 g/mol. The number of aryl methyl sites for hydroxylation is 1. The zero-order chi connectivity index (χ0) is 26.7. The average molecular weight is 521 g/mol. The molecular weight excluding hydrogens is 476 g/mol. The largest absolute Gasteiger partial charge is 0.385 e. The minimum atomic E-state index is -0.801. The minimum absolute atomic E-state index is 0.0975. The highest BCUT2D eigenvalue weighted by Crippen LogP contribution is 2.46. The second-order valence-corrected chi connectivity index (χ2v) is 13.0. The van der Waals surface area contributed by atoms with Crippen molar-refractivity contribution >= 4 is 29.5 Å². The number of carbonyl (C=O) groups excluding carboxylic acids is 1. The summed E-state index contributed by atoms with van der Waals surface area (Å²) in [6.07, 6.45) is 8.54. The van der Waals surface area contributed by atoms with Crippen LogP contribution in [-0.4, -0.2) is 35.9 Å². The summed E-state index contributed by atoms with van der Waals surface area (Å²) >= 11 is 1.80. The van der Waals surface area contributed by atoms with Crippen LogP contribution < -0.4 is 0 Å². The maximum Gasteiger partial charge on any atom is 0.163 e. The Kier molecular flexibility index (Phi) is 8.85. The smallest absolute Gasteiger partial charge is 0.163 e. The number of aliphatic imine (C=N–C) groups is 2. The lowest BCUT2D eigenvalue weighted by Gasteiger charge is -2.28. The van der Waals surface area contributed by atoms with Crippen LogP contribution in [0.25, 0.3) is 0 Å². The van der Waals surface area contributed by atoms with Crippen LogP contribution >= 0.6 is 11.3 Å². The van der Waals surface area contributed by atoms with Crippen LogP contribution in [0.3, 0.4) is 0 Å². The Morgan fingerprint density at radius 3 is 2.59 bits per heavy atom. The maximum absolute atomic E-state index is 13.8. The second-order valence-electron chi connectivity index (χ2n) is 11.9. The van der Waals surface area contributed by atoms with E-state index < -0.39 is 5.60 Å². The SMILES string of the molecule is CCc1cc(C(C)(C)O)sc1C1CCC(C)C(CC(=O)c2ccccc2C2CN=CC=NC2C)C(C)C1. The first-order chi connectivity index (χ1) is 17.6. The Morgan fingerprint density at radius 1 is 1.11 bits per heavy atom. The molecular formula is C32H44N2O2S. The van der Waals surface area contributed by atoms with Crippen LogP contribution in [0.5, 0.6) is 0 Å². The summed E-state index contributed by atoms with van der Waals surface area (Å²) < 4.78 is 0. The van der Waals surface area contributed by atoms with Gasteiger partial charge in [-0.1, -0.05) is 45.0 Å². The Balaban J connectivity index is 1.54. The van der Waals surface area contributed by atoms with Crippen molar-refractivity contribution < 1.29 is 9.90 Å². The van der Waals surface area contributed by atoms with E-state index in [2.05, 4.69) is 49.8 Å². The zero-order valence-corrected chi connectivity index (χ0v) is 24.2. The van der Waals surface area contributed by atoms with Crippen molar-refractivity contribution in [3.63, 3.8) is 0 Å². The Labute approximate surface area is 227 Å². The van der Waals surface area contributed by atoms with Crippen LogP contribution in [0.2, 0.25) is 0 Å². The number of rotatable bonds is 7. The highest BCUT2D eigenvalue weighted by Gasteiger charge is 2.35. The first-order valence-electron chi connectivity index (χ1n) is 14.1. The van der Waals surface area contributed by atoms with Crippen LogP contribution in [0.4, 0.5) is 0 Å². The van der Waals surface area contributed by atoms with Gasteiger partial charge in [-0.05, 0) is 87.3 Å². The van der Waals surface area contributed by atoms with Gasteiger partial charge in [-0.2, -0.15) is 0 Å². The summed E-state index contributed by atoms with van der Waals surface area (Å²) in [6.45, 7) is 13.5. The average Bonchev–Trinajstić information content (AvgIpc) is 3.13. The van der Waals surface area contributed by atoms with Crippen molar-refractivity contribution in [3.05, 3.63) is 56.8 Å². The van der Waals surface area contributed by atoms with Crippen molar-refractivity contribution in [2.24, 2.45) is 27.7 Å². The molecule has 6 unspecified atom stereocenters. The Morgan fingerprint density at radius 2 is 1.86 bits per heavy atom. The summed E-state index contributed by atoms with van der Waals surface area (Å²) in [5.74, 6) is 2.22. The second kappa shape index (κ2) is 11.7. The highest BCUT2D eigenvalue weighted by atomic mass is 32.1. The summed E-state index contributed by atoms with van der Waals surface area (Å²) in [6, 6.07) is 10.5. The Bertz CT molecular complexity index is 1140. The minimum Gasteiger partial charge on any atom is -0.385 e. The lowest BCUT2D eigenvalue weighted by molar-refractivity contribution is 0.0824. The third kappa shape index (κ3) is 6.31. The van der Waals surface area contributed by atoms with Gasteiger partial charge in [-0.25, -0.2) is 0 Å². The van der Waals surface area contributed by atoms with Crippen LogP contribution in [0.15, 0.2) is 40.3 Å². The number of aliphatic hydroxyl groups is 1. The number of benzene rings is 1. The van der Waals surface area contributed by atoms with E-state index in [0.717, 1.165) is 41.7 Å². The fourth-order valence-electron chi connectivity index (χ4n) is 6.40. The molecule has 1 saturated carbocycles. The molecule has 0 saturated heterocycles. The lowest BCUT2D eigenvalue weighted by atomic mass is 9.77. The molecule has 1 aromatic carbocycles. The predicted molar refractivity (Wildman–Crippen MR) is 157 cm³/mol. The van der Waals surface area contributed by atoms with Crippen LogP contribution in [-0.2, 0) is 12.0 Å². The van der Waals surface area contributed by atoms with Crippen molar-refractivity contribution in [2.45, 2.75) is 97.1 Å². The Hall–Kier alpha value is -2.11. The van der Waals surface area contributed by atoms with Crippen molar-refractivity contribution in [2.75, 3.05) is 6.54 Å². The number of Topliss-reactive ketones (excluding diaryl/α,β-unsaturated/α-hetero) is 1. The molecule has 4 nitrogen and oxygen atoms in total. The summed E-state index contributed by atoms with van der Waals surface area (Å²) in [4.78, 5) is 25.5. The van der Waals surface area contributed by atoms with Gasteiger partial charge in [-0.15, -0.1) is 11.3 Å². The van der Waals surface area contributed by atoms with E-state index in [1.807, 2.05) is 32.0 Å². The van der Waals surface area contributed by atoms with Gasteiger partial charge >= 0.3 is 0 Å². The molecule has 1 fully saturated rings. The van der Waals surface area contributed by atoms with E-state index in [1.165, 1.54) is 10.4 Å². The van der Waals surface area contributed by atoms with E-state index in [4.69, 9.17) is 0 Å². The number of thiophene rings is 1. The summed E-state index contributed by atoms with van der Waals surface area (Å²) in [7, 11) is 0. The normalized spacial score (nSPS) is 28.6. The third-order valence-corrected chi connectivity index (χ3v) is 10.4. The summed E-state index contributed by atoms with van der Waals surface area (Å²) in [5.41, 5.74) is 2.53. The molecule has 1 N–H and O–H groups in total. The van der Waals surface area contributed by atoms with Crippen molar-refractivity contribution in [1.29, 1.82) is 0 Å². The molecule has 6 atom stereocenters. The van der Waals surface area contributed by atoms with E-state index in [9.17, 15) is 9.90 Å². The first-order valence-corrected chi connectivity index (χ1v) is 14.9. The fraction of sp³-hybridized carbons (Fsp3) is 0.594. The van der Waals surface area contributed by atoms with Gasteiger partial charge in [0, 0.05) is 46.6 Å². The number of ketones is 1. The van der Waals surface area contributed by atoms with Gasteiger partial charge in [0.25, 0.3) is 0 Å². The maximum atomic E-state index is 13.8. The lowest BCUT2D eigenvalue weighted by Crippen LogP contribution is -2.24. The molecule has 1 aromatic heterocycles. The van der Waals surface area contributed by atoms with Gasteiger partial charge in [0.05, 0.1) is 11.6 Å². The van der Waals surface area contributed by atoms with Crippen molar-refractivity contribution in [3.8, 4) is 0 Å². The number of nitrogens with zero attached hydrogens (tertiary/aromatic N) is 2. The van der Waals surface area contributed by atoms with Gasteiger partial charge < -0.3 is 5.11 Å². The van der Waals surface area contributed by atoms with Crippen molar-refractivity contribution in [1.82, 2.24) is 0 Å².